The second-order valence-electron chi connectivity index (χ2n) is 9.52. The summed E-state index contributed by atoms with van der Waals surface area (Å²) in [6.45, 7) is 2.69. The number of aromatic nitrogens is 2. The maximum absolute atomic E-state index is 13.7. The van der Waals surface area contributed by atoms with Crippen LogP contribution in [0.2, 0.25) is 0 Å². The van der Waals surface area contributed by atoms with Gasteiger partial charge in [0.2, 0.25) is 5.91 Å². The summed E-state index contributed by atoms with van der Waals surface area (Å²) in [5.41, 5.74) is 4.78. The number of rotatable bonds is 6. The second kappa shape index (κ2) is 9.64. The van der Waals surface area contributed by atoms with Gasteiger partial charge < -0.3 is 10.2 Å². The first-order valence-corrected chi connectivity index (χ1v) is 12.5. The van der Waals surface area contributed by atoms with Gasteiger partial charge in [0.15, 0.2) is 0 Å². The summed E-state index contributed by atoms with van der Waals surface area (Å²) in [7, 11) is 0. The number of amides is 1. The third-order valence-corrected chi connectivity index (χ3v) is 7.21. The fourth-order valence-electron chi connectivity index (χ4n) is 5.32. The molecular weight excluding hydrogens is 463 g/mol. The van der Waals surface area contributed by atoms with Crippen molar-refractivity contribution in [2.75, 3.05) is 4.90 Å². The van der Waals surface area contributed by atoms with E-state index >= 15 is 0 Å². The lowest BCUT2D eigenvalue weighted by molar-refractivity contribution is -0.120. The van der Waals surface area contributed by atoms with Crippen molar-refractivity contribution in [2.45, 2.75) is 25.6 Å². The summed E-state index contributed by atoms with van der Waals surface area (Å²) in [5, 5.41) is 9.13. The molecule has 0 unspecified atom stereocenters. The normalized spacial score (nSPS) is 19.6. The number of hydrogen-bond acceptors (Lipinski definition) is 3. The van der Waals surface area contributed by atoms with E-state index in [1.807, 2.05) is 66.4 Å². The first kappa shape index (κ1) is 23.1. The molecule has 37 heavy (non-hydrogen) atoms. The van der Waals surface area contributed by atoms with Crippen LogP contribution >= 0.6 is 0 Å². The molecule has 1 amide bonds. The van der Waals surface area contributed by atoms with Crippen molar-refractivity contribution in [3.8, 4) is 5.69 Å². The van der Waals surface area contributed by atoms with Crippen molar-refractivity contribution < 1.29 is 9.18 Å². The van der Waals surface area contributed by atoms with Gasteiger partial charge in [-0.25, -0.2) is 9.07 Å². The minimum Gasteiger partial charge on any atom is -0.307 e. The molecule has 6 heteroatoms. The molecular formula is C31H27FN4O. The minimum absolute atomic E-state index is 0.0623. The van der Waals surface area contributed by atoms with Crippen molar-refractivity contribution >= 4 is 22.5 Å². The first-order chi connectivity index (χ1) is 18.1. The smallest absolute Gasteiger partial charge is 0.232 e. The Labute approximate surface area is 215 Å². The van der Waals surface area contributed by atoms with E-state index < -0.39 is 0 Å². The average Bonchev–Trinajstić information content (AvgIpc) is 3.47. The number of nitrogens with one attached hydrogen (secondary N) is 1. The van der Waals surface area contributed by atoms with E-state index in [2.05, 4.69) is 34.7 Å². The van der Waals surface area contributed by atoms with Gasteiger partial charge in [0.1, 0.15) is 5.82 Å². The van der Waals surface area contributed by atoms with Crippen LogP contribution in [0.1, 0.15) is 24.1 Å². The Hall–Kier alpha value is -4.29. The van der Waals surface area contributed by atoms with Gasteiger partial charge in [0.05, 0.1) is 29.4 Å². The predicted molar refractivity (Wildman–Crippen MR) is 144 cm³/mol. The van der Waals surface area contributed by atoms with Crippen molar-refractivity contribution in [3.63, 3.8) is 0 Å². The van der Waals surface area contributed by atoms with Crippen molar-refractivity contribution in [2.24, 2.45) is 5.92 Å². The van der Waals surface area contributed by atoms with E-state index in [0.29, 0.717) is 6.54 Å². The van der Waals surface area contributed by atoms with E-state index in [0.717, 1.165) is 27.8 Å². The number of carbonyl (C=O) groups is 1. The van der Waals surface area contributed by atoms with Gasteiger partial charge in [-0.3, -0.25) is 4.79 Å². The molecule has 1 aliphatic heterocycles. The number of carbonyl (C=O) groups excluding carboxylic acids is 1. The highest BCUT2D eigenvalue weighted by Crippen LogP contribution is 2.41. The van der Waals surface area contributed by atoms with Gasteiger partial charge >= 0.3 is 0 Å². The molecule has 0 saturated carbocycles. The summed E-state index contributed by atoms with van der Waals surface area (Å²) in [5.74, 6) is -0.400. The molecule has 0 aliphatic carbocycles. The summed E-state index contributed by atoms with van der Waals surface area (Å²) >= 11 is 0. The molecule has 1 aromatic heterocycles. The number of anilines is 1. The van der Waals surface area contributed by atoms with Crippen LogP contribution in [0.3, 0.4) is 0 Å². The van der Waals surface area contributed by atoms with Gasteiger partial charge in [-0.05, 0) is 53.6 Å². The molecule has 184 valence electrons. The molecule has 2 heterocycles. The Morgan fingerprint density at radius 1 is 0.865 bits per heavy atom. The van der Waals surface area contributed by atoms with E-state index in [1.54, 1.807) is 23.0 Å². The first-order valence-electron chi connectivity index (χ1n) is 12.5. The Kier molecular flexibility index (Phi) is 6.02. The van der Waals surface area contributed by atoms with Crippen LogP contribution < -0.4 is 10.2 Å². The zero-order valence-corrected chi connectivity index (χ0v) is 20.5. The van der Waals surface area contributed by atoms with Crippen LogP contribution in [0.15, 0.2) is 109 Å². The third-order valence-electron chi connectivity index (χ3n) is 7.21. The fourth-order valence-corrected chi connectivity index (χ4v) is 5.32. The Balaban J connectivity index is 1.37. The lowest BCUT2D eigenvalue weighted by atomic mass is 9.94. The van der Waals surface area contributed by atoms with E-state index in [1.165, 1.54) is 17.7 Å². The highest BCUT2D eigenvalue weighted by molar-refractivity contribution is 6.00. The number of fused-ring (bicyclic) bond motifs is 1. The number of benzene rings is 4. The van der Waals surface area contributed by atoms with Gasteiger partial charge in [-0.2, -0.15) is 5.10 Å². The Morgan fingerprint density at radius 2 is 1.54 bits per heavy atom. The Morgan fingerprint density at radius 3 is 2.27 bits per heavy atom. The molecule has 4 aromatic carbocycles. The maximum atomic E-state index is 13.7. The SMILES string of the molecule is C[C@@H]1C(=O)N(c2ccc3c(cnn3-c3ccc(F)cc3)c2)[C@H](c2ccccc2)[C@H]1NCc1ccccc1. The highest BCUT2D eigenvalue weighted by Gasteiger charge is 2.46. The zero-order valence-electron chi connectivity index (χ0n) is 20.5. The van der Waals surface area contributed by atoms with E-state index in [4.69, 9.17) is 0 Å². The van der Waals surface area contributed by atoms with Crippen molar-refractivity contribution in [3.05, 3.63) is 126 Å². The summed E-state index contributed by atoms with van der Waals surface area (Å²) in [6.07, 6.45) is 1.79. The second-order valence-corrected chi connectivity index (χ2v) is 9.52. The van der Waals surface area contributed by atoms with Crippen LogP contribution in [-0.2, 0) is 11.3 Å². The van der Waals surface area contributed by atoms with Gasteiger partial charge in [0, 0.05) is 23.7 Å². The number of hydrogen-bond donors (Lipinski definition) is 1. The molecule has 1 N–H and O–H groups in total. The molecule has 0 spiro atoms. The molecule has 5 aromatic rings. The van der Waals surface area contributed by atoms with Crippen molar-refractivity contribution in [1.29, 1.82) is 0 Å². The average molecular weight is 491 g/mol. The quantitative estimate of drug-likeness (QED) is 0.315. The van der Waals surface area contributed by atoms with Crippen LogP contribution in [0, 0.1) is 11.7 Å². The molecule has 5 nitrogen and oxygen atoms in total. The fraction of sp³-hybridized carbons (Fsp3) is 0.161. The summed E-state index contributed by atoms with van der Waals surface area (Å²) in [6, 6.07) is 32.5. The highest BCUT2D eigenvalue weighted by atomic mass is 19.1. The van der Waals surface area contributed by atoms with Crippen LogP contribution in [-0.4, -0.2) is 21.7 Å². The van der Waals surface area contributed by atoms with Gasteiger partial charge in [-0.15, -0.1) is 0 Å². The molecule has 1 fully saturated rings. The lowest BCUT2D eigenvalue weighted by Crippen LogP contribution is -2.38. The van der Waals surface area contributed by atoms with Crippen LogP contribution in [0.25, 0.3) is 16.6 Å². The predicted octanol–water partition coefficient (Wildman–Crippen LogP) is 6.05. The van der Waals surface area contributed by atoms with Crippen LogP contribution in [0.4, 0.5) is 10.1 Å². The third kappa shape index (κ3) is 4.30. The van der Waals surface area contributed by atoms with Crippen molar-refractivity contribution in [1.82, 2.24) is 15.1 Å². The number of halogens is 1. The summed E-state index contributed by atoms with van der Waals surface area (Å²) in [4.78, 5) is 15.7. The van der Waals surface area contributed by atoms with E-state index in [-0.39, 0.29) is 29.7 Å². The molecule has 0 bridgehead atoms. The lowest BCUT2D eigenvalue weighted by Gasteiger charge is -2.29. The monoisotopic (exact) mass is 490 g/mol. The maximum Gasteiger partial charge on any atom is 0.232 e. The number of nitrogens with zero attached hydrogens (tertiary/aromatic N) is 3. The molecule has 1 saturated heterocycles. The molecule has 1 aliphatic rings. The van der Waals surface area contributed by atoms with Crippen LogP contribution in [0.5, 0.6) is 0 Å². The Bertz CT molecular complexity index is 1530. The molecule has 6 rings (SSSR count). The topological polar surface area (TPSA) is 50.2 Å². The van der Waals surface area contributed by atoms with Gasteiger partial charge in [-0.1, -0.05) is 67.6 Å². The van der Waals surface area contributed by atoms with E-state index in [9.17, 15) is 9.18 Å². The molecule has 0 radical (unpaired) electrons. The standard InChI is InChI=1S/C31H27FN4O/c1-21-29(33-19-22-8-4-2-5-9-22)30(23-10-6-3-7-11-23)35(31(21)37)27-16-17-28-24(18-27)20-34-36(28)26-14-12-25(32)13-15-26/h2-18,20-21,29-30,33H,19H2,1H3/t21-,29-,30+/m0/s1. The molecule has 3 atom stereocenters. The minimum atomic E-state index is -0.286. The largest absolute Gasteiger partial charge is 0.307 e. The van der Waals surface area contributed by atoms with Gasteiger partial charge in [0.25, 0.3) is 0 Å². The summed E-state index contributed by atoms with van der Waals surface area (Å²) < 4.78 is 15.2. The zero-order chi connectivity index (χ0) is 25.4.